The van der Waals surface area contributed by atoms with Crippen molar-refractivity contribution in [3.05, 3.63) is 72.7 Å². The van der Waals surface area contributed by atoms with E-state index < -0.39 is 0 Å². The number of furan rings is 1. The third-order valence-corrected chi connectivity index (χ3v) is 2.97. The quantitative estimate of drug-likeness (QED) is 0.734. The van der Waals surface area contributed by atoms with Crippen LogP contribution in [0, 0.1) is 0 Å². The van der Waals surface area contributed by atoms with Crippen molar-refractivity contribution in [2.24, 2.45) is 0 Å². The first kappa shape index (κ1) is 13.8. The zero-order valence-electron chi connectivity index (χ0n) is 11.7. The van der Waals surface area contributed by atoms with Gasteiger partial charge in [0.25, 0.3) is 0 Å². The summed E-state index contributed by atoms with van der Waals surface area (Å²) in [4.78, 5) is 15.7. The molecule has 0 unspecified atom stereocenters. The van der Waals surface area contributed by atoms with Gasteiger partial charge in [0.2, 0.25) is 5.91 Å². The van der Waals surface area contributed by atoms with Gasteiger partial charge in [-0.1, -0.05) is 12.1 Å². The average Bonchev–Trinajstić information content (AvgIpc) is 3.20. The van der Waals surface area contributed by atoms with Crippen LogP contribution in [0.1, 0.15) is 11.3 Å². The third-order valence-electron chi connectivity index (χ3n) is 2.97. The normalized spacial score (nSPS) is 10.9. The molecule has 1 aromatic carbocycles. The molecule has 1 amide bonds. The molecule has 0 spiro atoms. The summed E-state index contributed by atoms with van der Waals surface area (Å²) in [5.41, 5.74) is 1.81. The average molecular weight is 294 g/mol. The van der Waals surface area contributed by atoms with E-state index in [1.807, 2.05) is 24.3 Å². The lowest BCUT2D eigenvalue weighted by atomic mass is 10.2. The number of carbonyl (C=O) groups is 1. The standard InChI is InChI=1S/C16H14N4O2/c21-16(8-7-15-2-1-9-22-15)19-14-5-3-13(4-6-14)10-20-12-17-11-18-20/h1-9,11-12H,10H2,(H,19,21)/b8-7+. The van der Waals surface area contributed by atoms with Crippen LogP contribution >= 0.6 is 0 Å². The van der Waals surface area contributed by atoms with E-state index >= 15 is 0 Å². The molecule has 0 aliphatic rings. The Bertz CT molecular complexity index is 744. The lowest BCUT2D eigenvalue weighted by molar-refractivity contribution is -0.111. The second-order valence-electron chi connectivity index (χ2n) is 4.63. The third kappa shape index (κ3) is 3.69. The molecule has 6 nitrogen and oxygen atoms in total. The molecule has 1 N–H and O–H groups in total. The highest BCUT2D eigenvalue weighted by Gasteiger charge is 2.00. The van der Waals surface area contributed by atoms with Crippen molar-refractivity contribution in [1.29, 1.82) is 0 Å². The lowest BCUT2D eigenvalue weighted by Gasteiger charge is -2.04. The van der Waals surface area contributed by atoms with Crippen molar-refractivity contribution >= 4 is 17.7 Å². The van der Waals surface area contributed by atoms with Crippen LogP contribution in [-0.2, 0) is 11.3 Å². The van der Waals surface area contributed by atoms with Gasteiger partial charge in [-0.05, 0) is 35.9 Å². The molecule has 0 aliphatic heterocycles. The van der Waals surface area contributed by atoms with Crippen molar-refractivity contribution in [2.45, 2.75) is 6.54 Å². The van der Waals surface area contributed by atoms with Gasteiger partial charge in [0.15, 0.2) is 0 Å². The van der Waals surface area contributed by atoms with E-state index in [1.54, 1.807) is 35.5 Å². The van der Waals surface area contributed by atoms with Crippen LogP contribution in [0.15, 0.2) is 65.8 Å². The van der Waals surface area contributed by atoms with Gasteiger partial charge in [0.05, 0.1) is 12.8 Å². The van der Waals surface area contributed by atoms with E-state index in [0.717, 1.165) is 11.3 Å². The maximum atomic E-state index is 11.8. The summed E-state index contributed by atoms with van der Waals surface area (Å²) in [7, 11) is 0. The predicted molar refractivity (Wildman–Crippen MR) is 81.9 cm³/mol. The molecule has 0 atom stereocenters. The largest absolute Gasteiger partial charge is 0.465 e. The highest BCUT2D eigenvalue weighted by Crippen LogP contribution is 2.11. The number of anilines is 1. The Balaban J connectivity index is 1.57. The monoisotopic (exact) mass is 294 g/mol. The van der Waals surface area contributed by atoms with E-state index in [1.165, 1.54) is 12.4 Å². The van der Waals surface area contributed by atoms with Gasteiger partial charge in [-0.25, -0.2) is 9.67 Å². The van der Waals surface area contributed by atoms with Crippen LogP contribution in [0.2, 0.25) is 0 Å². The van der Waals surface area contributed by atoms with E-state index in [4.69, 9.17) is 4.42 Å². The number of nitrogens with zero attached hydrogens (tertiary/aromatic N) is 3. The number of benzene rings is 1. The second kappa shape index (κ2) is 6.53. The number of nitrogens with one attached hydrogen (secondary N) is 1. The van der Waals surface area contributed by atoms with Crippen LogP contribution in [0.3, 0.4) is 0 Å². The topological polar surface area (TPSA) is 73.0 Å². The molecule has 3 rings (SSSR count). The molecule has 2 aromatic heterocycles. The fourth-order valence-electron chi connectivity index (χ4n) is 1.92. The zero-order chi connectivity index (χ0) is 15.2. The summed E-state index contributed by atoms with van der Waals surface area (Å²) in [5.74, 6) is 0.429. The van der Waals surface area contributed by atoms with Crippen LogP contribution < -0.4 is 5.32 Å². The number of aromatic nitrogens is 3. The summed E-state index contributed by atoms with van der Waals surface area (Å²) >= 11 is 0. The van der Waals surface area contributed by atoms with Crippen LogP contribution in [-0.4, -0.2) is 20.7 Å². The molecule has 0 fully saturated rings. The van der Waals surface area contributed by atoms with Gasteiger partial charge in [-0.2, -0.15) is 5.10 Å². The van der Waals surface area contributed by atoms with Crippen molar-refractivity contribution in [3.8, 4) is 0 Å². The first-order valence-electron chi connectivity index (χ1n) is 6.73. The van der Waals surface area contributed by atoms with Crippen molar-refractivity contribution < 1.29 is 9.21 Å². The molecule has 110 valence electrons. The van der Waals surface area contributed by atoms with Gasteiger partial charge in [-0.15, -0.1) is 0 Å². The molecule has 3 aromatic rings. The zero-order valence-corrected chi connectivity index (χ0v) is 11.7. The molecule has 2 heterocycles. The minimum absolute atomic E-state index is 0.208. The second-order valence-corrected chi connectivity index (χ2v) is 4.63. The Labute approximate surface area is 127 Å². The van der Waals surface area contributed by atoms with Gasteiger partial charge in [-0.3, -0.25) is 4.79 Å². The minimum atomic E-state index is -0.208. The smallest absolute Gasteiger partial charge is 0.248 e. The summed E-state index contributed by atoms with van der Waals surface area (Å²) in [5, 5.41) is 6.84. The highest BCUT2D eigenvalue weighted by molar-refractivity contribution is 6.01. The molecule has 0 bridgehead atoms. The van der Waals surface area contributed by atoms with Crippen molar-refractivity contribution in [1.82, 2.24) is 14.8 Å². The Morgan fingerprint density at radius 2 is 2.14 bits per heavy atom. The Kier molecular flexibility index (Phi) is 4.10. The SMILES string of the molecule is O=C(/C=C/c1ccco1)Nc1ccc(Cn2cncn2)cc1. The molecule has 0 saturated carbocycles. The lowest BCUT2D eigenvalue weighted by Crippen LogP contribution is -2.08. The van der Waals surface area contributed by atoms with Crippen LogP contribution in [0.5, 0.6) is 0 Å². The molecule has 0 radical (unpaired) electrons. The maximum Gasteiger partial charge on any atom is 0.248 e. The molecule has 22 heavy (non-hydrogen) atoms. The Morgan fingerprint density at radius 3 is 2.82 bits per heavy atom. The fraction of sp³-hybridized carbons (Fsp3) is 0.0625. The van der Waals surface area contributed by atoms with Crippen molar-refractivity contribution in [3.63, 3.8) is 0 Å². The number of carbonyl (C=O) groups excluding carboxylic acids is 1. The van der Waals surface area contributed by atoms with Gasteiger partial charge in [0, 0.05) is 11.8 Å². The predicted octanol–water partition coefficient (Wildman–Crippen LogP) is 2.57. The molecular formula is C16H14N4O2. The number of rotatable bonds is 5. The van der Waals surface area contributed by atoms with Crippen LogP contribution in [0.4, 0.5) is 5.69 Å². The van der Waals surface area contributed by atoms with E-state index in [-0.39, 0.29) is 5.91 Å². The molecular weight excluding hydrogens is 280 g/mol. The number of amides is 1. The van der Waals surface area contributed by atoms with E-state index in [2.05, 4.69) is 15.4 Å². The highest BCUT2D eigenvalue weighted by atomic mass is 16.3. The summed E-state index contributed by atoms with van der Waals surface area (Å²) in [6, 6.07) is 11.1. The van der Waals surface area contributed by atoms with E-state index in [0.29, 0.717) is 12.3 Å². The van der Waals surface area contributed by atoms with Gasteiger partial charge < -0.3 is 9.73 Å². The van der Waals surface area contributed by atoms with Gasteiger partial charge >= 0.3 is 0 Å². The number of hydrogen-bond acceptors (Lipinski definition) is 4. The molecule has 6 heteroatoms. The first-order valence-corrected chi connectivity index (χ1v) is 6.73. The summed E-state index contributed by atoms with van der Waals surface area (Å²) in [6.07, 6.45) is 7.77. The van der Waals surface area contributed by atoms with Gasteiger partial charge in [0.1, 0.15) is 18.4 Å². The van der Waals surface area contributed by atoms with E-state index in [9.17, 15) is 4.79 Å². The Hall–Kier alpha value is -3.15. The van der Waals surface area contributed by atoms with Crippen LogP contribution in [0.25, 0.3) is 6.08 Å². The minimum Gasteiger partial charge on any atom is -0.465 e. The maximum absolute atomic E-state index is 11.8. The first-order chi connectivity index (χ1) is 10.8. The fourth-order valence-corrected chi connectivity index (χ4v) is 1.92. The van der Waals surface area contributed by atoms with Crippen molar-refractivity contribution in [2.75, 3.05) is 5.32 Å². The molecule has 0 aliphatic carbocycles. The number of hydrogen-bond donors (Lipinski definition) is 1. The Morgan fingerprint density at radius 1 is 1.27 bits per heavy atom. The summed E-state index contributed by atoms with van der Waals surface area (Å²) < 4.78 is 6.86. The summed E-state index contributed by atoms with van der Waals surface area (Å²) in [6.45, 7) is 0.645. The molecule has 0 saturated heterocycles.